The van der Waals surface area contributed by atoms with Gasteiger partial charge in [0, 0.05) is 12.3 Å². The molecule has 0 saturated heterocycles. The highest BCUT2D eigenvalue weighted by Gasteiger charge is 2.34. The van der Waals surface area contributed by atoms with Crippen LogP contribution >= 0.6 is 0 Å². The van der Waals surface area contributed by atoms with Gasteiger partial charge in [-0.1, -0.05) is 6.07 Å². The third-order valence-electron chi connectivity index (χ3n) is 2.42. The Bertz CT molecular complexity index is 521. The van der Waals surface area contributed by atoms with E-state index in [1.165, 1.54) is 24.1 Å². The molecule has 0 saturated carbocycles. The van der Waals surface area contributed by atoms with Gasteiger partial charge in [-0.2, -0.15) is 18.3 Å². The van der Waals surface area contributed by atoms with Crippen molar-refractivity contribution in [3.63, 3.8) is 0 Å². The monoisotopic (exact) mass is 255 g/mol. The summed E-state index contributed by atoms with van der Waals surface area (Å²) in [6.45, 7) is 0.260. The second-order valence-corrected chi connectivity index (χ2v) is 3.67. The van der Waals surface area contributed by atoms with Crippen molar-refractivity contribution < 1.29 is 17.9 Å². The molecule has 2 rings (SSSR count). The van der Waals surface area contributed by atoms with Gasteiger partial charge in [-0.25, -0.2) is 0 Å². The van der Waals surface area contributed by atoms with Gasteiger partial charge in [0.05, 0.1) is 25.4 Å². The Morgan fingerprint density at radius 2 is 2.17 bits per heavy atom. The molecule has 18 heavy (non-hydrogen) atoms. The molecular formula is C12H10F3N2O. The lowest BCUT2D eigenvalue weighted by Crippen LogP contribution is -2.09. The van der Waals surface area contributed by atoms with Crippen LogP contribution in [-0.4, -0.2) is 16.9 Å². The number of nitrogens with zero attached hydrogens (tertiary/aromatic N) is 2. The maximum atomic E-state index is 12.8. The van der Waals surface area contributed by atoms with E-state index in [0.29, 0.717) is 5.56 Å². The average molecular weight is 255 g/mol. The largest absolute Gasteiger partial charge is 0.496 e. The van der Waals surface area contributed by atoms with Gasteiger partial charge in [-0.15, -0.1) is 0 Å². The number of ether oxygens (including phenoxy) is 1. The molecule has 1 radical (unpaired) electrons. The number of hydrogen-bond acceptors (Lipinski definition) is 2. The molecule has 1 aromatic heterocycles. The summed E-state index contributed by atoms with van der Waals surface area (Å²) in [5.74, 6) is -0.182. The molecule has 0 bridgehead atoms. The molecule has 1 heterocycles. The van der Waals surface area contributed by atoms with Crippen molar-refractivity contribution in [3.8, 4) is 5.75 Å². The lowest BCUT2D eigenvalue weighted by molar-refractivity contribution is -0.138. The van der Waals surface area contributed by atoms with Crippen LogP contribution in [0.5, 0.6) is 5.75 Å². The first kappa shape index (κ1) is 12.5. The van der Waals surface area contributed by atoms with E-state index in [0.717, 1.165) is 6.07 Å². The highest BCUT2D eigenvalue weighted by Crippen LogP contribution is 2.36. The lowest BCUT2D eigenvalue weighted by atomic mass is 10.1. The van der Waals surface area contributed by atoms with E-state index in [2.05, 4.69) is 11.2 Å². The Kier molecular flexibility index (Phi) is 3.27. The van der Waals surface area contributed by atoms with Crippen LogP contribution < -0.4 is 4.74 Å². The van der Waals surface area contributed by atoms with Crippen LogP contribution in [0, 0.1) is 6.07 Å². The van der Waals surface area contributed by atoms with Crippen LogP contribution in [0.15, 0.2) is 30.6 Å². The number of methoxy groups -OCH3 is 1. The van der Waals surface area contributed by atoms with Gasteiger partial charge >= 0.3 is 6.18 Å². The molecule has 0 aliphatic carbocycles. The van der Waals surface area contributed by atoms with Crippen LogP contribution in [0.2, 0.25) is 0 Å². The molecule has 3 nitrogen and oxygen atoms in total. The summed E-state index contributed by atoms with van der Waals surface area (Å²) in [4.78, 5) is 0. The van der Waals surface area contributed by atoms with Crippen LogP contribution in [0.3, 0.4) is 0 Å². The van der Waals surface area contributed by atoms with Crippen molar-refractivity contribution >= 4 is 0 Å². The van der Waals surface area contributed by atoms with Crippen molar-refractivity contribution in [1.82, 2.24) is 9.78 Å². The highest BCUT2D eigenvalue weighted by atomic mass is 19.4. The van der Waals surface area contributed by atoms with Gasteiger partial charge in [-0.05, 0) is 17.7 Å². The Balaban J connectivity index is 2.34. The molecule has 6 heteroatoms. The van der Waals surface area contributed by atoms with Gasteiger partial charge in [0.15, 0.2) is 0 Å². The number of halogens is 3. The van der Waals surface area contributed by atoms with Crippen LogP contribution in [0.1, 0.15) is 11.1 Å². The average Bonchev–Trinajstić information content (AvgIpc) is 2.80. The molecule has 0 unspecified atom stereocenters. The fourth-order valence-electron chi connectivity index (χ4n) is 1.61. The highest BCUT2D eigenvalue weighted by molar-refractivity contribution is 5.39. The van der Waals surface area contributed by atoms with Crippen LogP contribution in [0.4, 0.5) is 13.2 Å². The number of aromatic nitrogens is 2. The Labute approximate surface area is 102 Å². The molecule has 0 N–H and O–H groups in total. The zero-order valence-electron chi connectivity index (χ0n) is 9.53. The summed E-state index contributed by atoms with van der Waals surface area (Å²) >= 11 is 0. The van der Waals surface area contributed by atoms with Crippen LogP contribution in [-0.2, 0) is 12.7 Å². The van der Waals surface area contributed by atoms with Crippen molar-refractivity contribution in [2.75, 3.05) is 7.11 Å². The maximum Gasteiger partial charge on any atom is 0.419 e. The van der Waals surface area contributed by atoms with Crippen molar-refractivity contribution in [1.29, 1.82) is 0 Å². The van der Waals surface area contributed by atoms with Gasteiger partial charge in [0.25, 0.3) is 0 Å². The van der Waals surface area contributed by atoms with E-state index in [1.807, 2.05) is 0 Å². The first-order chi connectivity index (χ1) is 8.50. The van der Waals surface area contributed by atoms with Crippen molar-refractivity contribution in [2.45, 2.75) is 12.7 Å². The van der Waals surface area contributed by atoms with Gasteiger partial charge in [0.2, 0.25) is 0 Å². The van der Waals surface area contributed by atoms with Gasteiger partial charge in [0.1, 0.15) is 5.75 Å². The third-order valence-corrected chi connectivity index (χ3v) is 2.42. The minimum Gasteiger partial charge on any atom is -0.496 e. The van der Waals surface area contributed by atoms with E-state index in [1.54, 1.807) is 12.3 Å². The SMILES string of the molecule is COc1ccc(Cn2c[c]cn2)cc1C(F)(F)F. The molecule has 1 aromatic carbocycles. The van der Waals surface area contributed by atoms with E-state index >= 15 is 0 Å². The predicted molar refractivity (Wildman–Crippen MR) is 58.2 cm³/mol. The minimum absolute atomic E-state index is 0.182. The minimum atomic E-state index is -4.43. The Morgan fingerprint density at radius 3 is 2.72 bits per heavy atom. The molecule has 0 fully saturated rings. The fourth-order valence-corrected chi connectivity index (χ4v) is 1.61. The summed E-state index contributed by atoms with van der Waals surface area (Å²) in [6.07, 6.45) is -1.41. The first-order valence-corrected chi connectivity index (χ1v) is 5.13. The quantitative estimate of drug-likeness (QED) is 0.843. The van der Waals surface area contributed by atoms with Crippen molar-refractivity contribution in [2.24, 2.45) is 0 Å². The predicted octanol–water partition coefficient (Wildman–Crippen LogP) is 2.76. The van der Waals surface area contributed by atoms with E-state index < -0.39 is 11.7 Å². The van der Waals surface area contributed by atoms with Gasteiger partial charge < -0.3 is 4.74 Å². The van der Waals surface area contributed by atoms with E-state index in [9.17, 15) is 13.2 Å². The number of benzene rings is 1. The molecule has 0 aliphatic heterocycles. The molecule has 0 atom stereocenters. The Morgan fingerprint density at radius 1 is 1.39 bits per heavy atom. The van der Waals surface area contributed by atoms with Crippen molar-refractivity contribution in [3.05, 3.63) is 47.8 Å². The molecule has 95 valence electrons. The standard InChI is InChI=1S/C12H10F3N2O/c1-18-11-4-3-9(7-10(11)12(13,14)15)8-17-6-2-5-16-17/h3-7H,8H2,1H3. The molecule has 0 aliphatic rings. The number of alkyl halides is 3. The number of rotatable bonds is 3. The first-order valence-electron chi connectivity index (χ1n) is 5.13. The topological polar surface area (TPSA) is 27.1 Å². The zero-order chi connectivity index (χ0) is 13.2. The molecule has 0 spiro atoms. The second-order valence-electron chi connectivity index (χ2n) is 3.67. The zero-order valence-corrected chi connectivity index (χ0v) is 9.53. The summed E-state index contributed by atoms with van der Waals surface area (Å²) in [5.41, 5.74) is -0.279. The summed E-state index contributed by atoms with van der Waals surface area (Å²) < 4.78 is 44.6. The summed E-state index contributed by atoms with van der Waals surface area (Å²) in [6, 6.07) is 6.68. The summed E-state index contributed by atoms with van der Waals surface area (Å²) in [5, 5.41) is 3.89. The van der Waals surface area contributed by atoms with E-state index in [-0.39, 0.29) is 12.3 Å². The third kappa shape index (κ3) is 2.64. The number of hydrogen-bond donors (Lipinski definition) is 0. The fraction of sp³-hybridized carbons (Fsp3) is 0.250. The Hall–Kier alpha value is -1.98. The smallest absolute Gasteiger partial charge is 0.419 e. The molecule has 2 aromatic rings. The summed E-state index contributed by atoms with van der Waals surface area (Å²) in [7, 11) is 1.21. The lowest BCUT2D eigenvalue weighted by Gasteiger charge is -2.13. The molecule has 0 amide bonds. The second kappa shape index (κ2) is 4.72. The van der Waals surface area contributed by atoms with Crippen LogP contribution in [0.25, 0.3) is 0 Å². The van der Waals surface area contributed by atoms with Gasteiger partial charge in [-0.3, -0.25) is 4.68 Å². The molecular weight excluding hydrogens is 245 g/mol. The normalized spacial score (nSPS) is 11.6. The van der Waals surface area contributed by atoms with E-state index in [4.69, 9.17) is 4.74 Å². The maximum absolute atomic E-state index is 12.8.